The molecule has 3 aliphatic rings. The second-order valence-corrected chi connectivity index (χ2v) is 9.07. The SMILES string of the molecule is CN=C(NCCCC1CC1)N1CCN(CC(=O)N2CC(C)CC(C)C2)CC1.I. The summed E-state index contributed by atoms with van der Waals surface area (Å²) in [5.41, 5.74) is 0. The lowest BCUT2D eigenvalue weighted by Gasteiger charge is -2.39. The zero-order valence-electron chi connectivity index (χ0n) is 18.0. The fourth-order valence-electron chi connectivity index (χ4n) is 4.61. The van der Waals surface area contributed by atoms with Crippen LogP contribution in [0.5, 0.6) is 0 Å². The van der Waals surface area contributed by atoms with E-state index in [0.717, 1.165) is 57.7 Å². The first kappa shape index (κ1) is 23.7. The minimum absolute atomic E-state index is 0. The van der Waals surface area contributed by atoms with Crippen molar-refractivity contribution in [2.45, 2.75) is 46.0 Å². The van der Waals surface area contributed by atoms with E-state index in [9.17, 15) is 4.79 Å². The minimum atomic E-state index is 0. The monoisotopic (exact) mass is 505 g/mol. The number of piperidine rings is 1. The Morgan fingerprint density at radius 2 is 1.68 bits per heavy atom. The third-order valence-electron chi connectivity index (χ3n) is 6.23. The van der Waals surface area contributed by atoms with Gasteiger partial charge in [-0.25, -0.2) is 0 Å². The van der Waals surface area contributed by atoms with Crippen LogP contribution in [-0.4, -0.2) is 86.0 Å². The van der Waals surface area contributed by atoms with E-state index in [0.29, 0.717) is 24.3 Å². The van der Waals surface area contributed by atoms with Gasteiger partial charge in [-0.1, -0.05) is 26.7 Å². The van der Waals surface area contributed by atoms with Crippen molar-refractivity contribution in [2.24, 2.45) is 22.7 Å². The van der Waals surface area contributed by atoms with Gasteiger partial charge < -0.3 is 15.1 Å². The number of halogens is 1. The first-order valence-electron chi connectivity index (χ1n) is 11.0. The number of nitrogens with zero attached hydrogens (tertiary/aromatic N) is 4. The maximum atomic E-state index is 12.7. The standard InChI is InChI=1S/C21H39N5O.HI/c1-17-13-18(2)15-26(14-17)20(27)16-24-9-11-25(12-10-24)21(22-3)23-8-4-5-19-6-7-19;/h17-19H,4-16H2,1-3H3,(H,22,23);1H. The van der Waals surface area contributed by atoms with E-state index >= 15 is 0 Å². The maximum absolute atomic E-state index is 12.7. The Bertz CT molecular complexity index is 507. The molecule has 162 valence electrons. The van der Waals surface area contributed by atoms with Crippen LogP contribution in [-0.2, 0) is 4.79 Å². The predicted molar refractivity (Wildman–Crippen MR) is 126 cm³/mol. The van der Waals surface area contributed by atoms with Crippen molar-refractivity contribution in [1.29, 1.82) is 0 Å². The predicted octanol–water partition coefficient (Wildman–Crippen LogP) is 2.49. The van der Waals surface area contributed by atoms with Gasteiger partial charge in [0.05, 0.1) is 6.54 Å². The van der Waals surface area contributed by atoms with Crippen LogP contribution >= 0.6 is 24.0 Å². The lowest BCUT2D eigenvalue weighted by Crippen LogP contribution is -2.55. The quantitative estimate of drug-likeness (QED) is 0.261. The van der Waals surface area contributed by atoms with Crippen molar-refractivity contribution in [3.63, 3.8) is 0 Å². The van der Waals surface area contributed by atoms with E-state index in [-0.39, 0.29) is 24.0 Å². The van der Waals surface area contributed by atoms with Crippen molar-refractivity contribution in [3.05, 3.63) is 0 Å². The fourth-order valence-corrected chi connectivity index (χ4v) is 4.61. The van der Waals surface area contributed by atoms with Crippen molar-refractivity contribution < 1.29 is 4.79 Å². The largest absolute Gasteiger partial charge is 0.356 e. The van der Waals surface area contributed by atoms with E-state index in [1.807, 2.05) is 7.05 Å². The number of carbonyl (C=O) groups excluding carboxylic acids is 1. The van der Waals surface area contributed by atoms with Gasteiger partial charge in [-0.15, -0.1) is 24.0 Å². The zero-order valence-corrected chi connectivity index (χ0v) is 20.4. The lowest BCUT2D eigenvalue weighted by molar-refractivity contribution is -0.135. The van der Waals surface area contributed by atoms with Gasteiger partial charge >= 0.3 is 0 Å². The molecule has 1 N–H and O–H groups in total. The van der Waals surface area contributed by atoms with Gasteiger partial charge in [0.1, 0.15) is 0 Å². The van der Waals surface area contributed by atoms with Gasteiger partial charge in [-0.05, 0) is 37.0 Å². The summed E-state index contributed by atoms with van der Waals surface area (Å²) in [4.78, 5) is 23.9. The highest BCUT2D eigenvalue weighted by Crippen LogP contribution is 2.33. The molecule has 2 saturated heterocycles. The number of nitrogens with one attached hydrogen (secondary N) is 1. The Morgan fingerprint density at radius 3 is 2.25 bits per heavy atom. The molecule has 1 saturated carbocycles. The summed E-state index contributed by atoms with van der Waals surface area (Å²) in [6, 6.07) is 0. The Morgan fingerprint density at radius 1 is 1.04 bits per heavy atom. The topological polar surface area (TPSA) is 51.2 Å². The molecule has 0 bridgehead atoms. The van der Waals surface area contributed by atoms with Crippen molar-refractivity contribution in [3.8, 4) is 0 Å². The van der Waals surface area contributed by atoms with Crippen LogP contribution < -0.4 is 5.32 Å². The van der Waals surface area contributed by atoms with Crippen LogP contribution in [0.1, 0.15) is 46.0 Å². The highest BCUT2D eigenvalue weighted by molar-refractivity contribution is 14.0. The maximum Gasteiger partial charge on any atom is 0.236 e. The van der Waals surface area contributed by atoms with Gasteiger partial charge in [0, 0.05) is 52.9 Å². The van der Waals surface area contributed by atoms with Crippen molar-refractivity contribution in [1.82, 2.24) is 20.0 Å². The van der Waals surface area contributed by atoms with E-state index in [1.165, 1.54) is 32.1 Å². The molecule has 0 spiro atoms. The molecule has 1 amide bonds. The van der Waals surface area contributed by atoms with Crippen LogP contribution in [0.4, 0.5) is 0 Å². The van der Waals surface area contributed by atoms with E-state index in [2.05, 4.69) is 38.9 Å². The van der Waals surface area contributed by atoms with Crippen LogP contribution in [0.25, 0.3) is 0 Å². The number of guanidine groups is 1. The van der Waals surface area contributed by atoms with Crippen molar-refractivity contribution >= 4 is 35.8 Å². The Hall–Kier alpha value is -0.570. The second kappa shape index (κ2) is 11.6. The summed E-state index contributed by atoms with van der Waals surface area (Å²) >= 11 is 0. The van der Waals surface area contributed by atoms with E-state index < -0.39 is 0 Å². The molecule has 7 heteroatoms. The number of likely N-dealkylation sites (tertiary alicyclic amines) is 1. The summed E-state index contributed by atoms with van der Waals surface area (Å²) in [6.45, 7) is 11.7. The number of rotatable bonds is 6. The summed E-state index contributed by atoms with van der Waals surface area (Å²) in [7, 11) is 1.87. The molecule has 3 fully saturated rings. The summed E-state index contributed by atoms with van der Waals surface area (Å²) in [6.07, 6.45) is 6.71. The molecule has 28 heavy (non-hydrogen) atoms. The minimum Gasteiger partial charge on any atom is -0.356 e. The number of carbonyl (C=O) groups is 1. The fraction of sp³-hybridized carbons (Fsp3) is 0.905. The molecular formula is C21H40IN5O. The zero-order chi connectivity index (χ0) is 19.2. The highest BCUT2D eigenvalue weighted by atomic mass is 127. The molecule has 3 rings (SSSR count). The highest BCUT2D eigenvalue weighted by Gasteiger charge is 2.28. The molecule has 2 heterocycles. The van der Waals surface area contributed by atoms with E-state index in [1.54, 1.807) is 0 Å². The number of piperazine rings is 1. The summed E-state index contributed by atoms with van der Waals surface area (Å²) < 4.78 is 0. The summed E-state index contributed by atoms with van der Waals surface area (Å²) in [5, 5.41) is 3.52. The first-order chi connectivity index (χ1) is 13.0. The molecule has 2 atom stereocenters. The van der Waals surface area contributed by atoms with Gasteiger partial charge in [-0.3, -0.25) is 14.7 Å². The number of aliphatic imine (C=N–C) groups is 1. The van der Waals surface area contributed by atoms with Crippen LogP contribution in [0, 0.1) is 17.8 Å². The van der Waals surface area contributed by atoms with Crippen LogP contribution in [0.15, 0.2) is 4.99 Å². The number of hydrogen-bond donors (Lipinski definition) is 1. The van der Waals surface area contributed by atoms with Gasteiger partial charge in [0.25, 0.3) is 0 Å². The Balaban J connectivity index is 0.00000280. The molecule has 2 unspecified atom stereocenters. The molecule has 6 nitrogen and oxygen atoms in total. The Labute approximate surface area is 188 Å². The number of hydrogen-bond acceptors (Lipinski definition) is 3. The molecule has 0 aromatic rings. The van der Waals surface area contributed by atoms with Gasteiger partial charge in [0.2, 0.25) is 5.91 Å². The molecule has 0 aromatic carbocycles. The molecule has 1 aliphatic carbocycles. The first-order valence-corrected chi connectivity index (χ1v) is 11.0. The second-order valence-electron chi connectivity index (χ2n) is 9.07. The van der Waals surface area contributed by atoms with Gasteiger partial charge in [-0.2, -0.15) is 0 Å². The van der Waals surface area contributed by atoms with Gasteiger partial charge in [0.15, 0.2) is 5.96 Å². The van der Waals surface area contributed by atoms with E-state index in [4.69, 9.17) is 0 Å². The summed E-state index contributed by atoms with van der Waals surface area (Å²) in [5.74, 6) is 3.59. The normalized spacial score (nSPS) is 26.8. The molecule has 2 aliphatic heterocycles. The van der Waals surface area contributed by atoms with Crippen molar-refractivity contribution in [2.75, 3.05) is 59.4 Å². The molecule has 0 radical (unpaired) electrons. The Kier molecular flexibility index (Phi) is 9.80. The van der Waals surface area contributed by atoms with Crippen LogP contribution in [0.3, 0.4) is 0 Å². The molecule has 0 aromatic heterocycles. The lowest BCUT2D eigenvalue weighted by atomic mass is 9.92. The third-order valence-corrected chi connectivity index (χ3v) is 6.23. The number of amides is 1. The molecular weight excluding hydrogens is 465 g/mol. The average molecular weight is 505 g/mol. The smallest absolute Gasteiger partial charge is 0.236 e. The average Bonchev–Trinajstić information content (AvgIpc) is 3.46. The third kappa shape index (κ3) is 7.35. The van der Waals surface area contributed by atoms with Crippen LogP contribution in [0.2, 0.25) is 0 Å².